The summed E-state index contributed by atoms with van der Waals surface area (Å²) < 4.78 is 12.2. The Balaban J connectivity index is 1.75. The number of aromatic nitrogens is 2. The van der Waals surface area contributed by atoms with E-state index in [2.05, 4.69) is 5.10 Å². The lowest BCUT2D eigenvalue weighted by molar-refractivity contribution is 0.0450. The van der Waals surface area contributed by atoms with E-state index < -0.39 is 0 Å². The van der Waals surface area contributed by atoms with Gasteiger partial charge in [-0.25, -0.2) is 4.79 Å². The lowest BCUT2D eigenvalue weighted by Gasteiger charge is -2.08. The summed E-state index contributed by atoms with van der Waals surface area (Å²) in [6.45, 7) is 2.51. The summed E-state index contributed by atoms with van der Waals surface area (Å²) in [5.74, 6) is 0.418. The smallest absolute Gasteiger partial charge is 0.341 e. The average molecular weight is 260 g/mol. The molecule has 1 heterocycles. The molecule has 0 radical (unpaired) electrons. The lowest BCUT2D eigenvalue weighted by atomic mass is 10.2. The molecule has 0 amide bonds. The van der Waals surface area contributed by atoms with Crippen molar-refractivity contribution in [1.82, 2.24) is 9.78 Å². The number of para-hydroxylation sites is 1. The second-order valence-corrected chi connectivity index (χ2v) is 4.15. The van der Waals surface area contributed by atoms with Crippen LogP contribution in [-0.2, 0) is 11.8 Å². The molecular formula is C14H16N2O3. The zero-order valence-electron chi connectivity index (χ0n) is 11.0. The van der Waals surface area contributed by atoms with Crippen LogP contribution in [0.25, 0.3) is 0 Å². The first-order chi connectivity index (χ1) is 9.16. The Bertz CT molecular complexity index is 563. The average Bonchev–Trinajstić information content (AvgIpc) is 2.83. The Kier molecular flexibility index (Phi) is 4.18. The molecule has 19 heavy (non-hydrogen) atoms. The first-order valence-electron chi connectivity index (χ1n) is 6.01. The van der Waals surface area contributed by atoms with Crippen molar-refractivity contribution < 1.29 is 14.3 Å². The van der Waals surface area contributed by atoms with Crippen molar-refractivity contribution in [3.05, 3.63) is 47.8 Å². The highest BCUT2D eigenvalue weighted by molar-refractivity contribution is 5.88. The van der Waals surface area contributed by atoms with Crippen LogP contribution in [0.3, 0.4) is 0 Å². The minimum absolute atomic E-state index is 0.210. The van der Waals surface area contributed by atoms with Crippen LogP contribution >= 0.6 is 0 Å². The molecule has 0 aliphatic heterocycles. The summed E-state index contributed by atoms with van der Waals surface area (Å²) in [4.78, 5) is 11.6. The van der Waals surface area contributed by atoms with Gasteiger partial charge in [-0.1, -0.05) is 18.2 Å². The summed E-state index contributed by atoms with van der Waals surface area (Å²) in [6.07, 6.45) is 3.09. The quantitative estimate of drug-likeness (QED) is 0.609. The van der Waals surface area contributed by atoms with Gasteiger partial charge in [0.25, 0.3) is 0 Å². The maximum atomic E-state index is 11.6. The number of hydrogen-bond donors (Lipinski definition) is 0. The second-order valence-electron chi connectivity index (χ2n) is 4.15. The topological polar surface area (TPSA) is 53.4 Å². The van der Waals surface area contributed by atoms with Gasteiger partial charge in [0, 0.05) is 13.2 Å². The molecule has 0 atom stereocenters. The summed E-state index contributed by atoms with van der Waals surface area (Å²) in [5.41, 5.74) is 1.50. The lowest BCUT2D eigenvalue weighted by Crippen LogP contribution is -2.12. The van der Waals surface area contributed by atoms with E-state index in [1.54, 1.807) is 17.9 Å². The molecule has 5 nitrogen and oxygen atoms in total. The molecule has 0 unspecified atom stereocenters. The van der Waals surface area contributed by atoms with Crippen molar-refractivity contribution in [2.45, 2.75) is 6.92 Å². The van der Waals surface area contributed by atoms with Gasteiger partial charge in [-0.15, -0.1) is 0 Å². The number of rotatable bonds is 5. The molecule has 2 rings (SSSR count). The van der Waals surface area contributed by atoms with E-state index >= 15 is 0 Å². The first-order valence-corrected chi connectivity index (χ1v) is 6.01. The van der Waals surface area contributed by atoms with Gasteiger partial charge in [-0.05, 0) is 18.6 Å². The Morgan fingerprint density at radius 2 is 2.11 bits per heavy atom. The van der Waals surface area contributed by atoms with Crippen LogP contribution in [-0.4, -0.2) is 29.0 Å². The van der Waals surface area contributed by atoms with Gasteiger partial charge in [0.05, 0.1) is 11.8 Å². The van der Waals surface area contributed by atoms with E-state index in [0.29, 0.717) is 12.2 Å². The van der Waals surface area contributed by atoms with E-state index in [0.717, 1.165) is 11.3 Å². The first kappa shape index (κ1) is 13.1. The van der Waals surface area contributed by atoms with Crippen molar-refractivity contribution in [2.24, 2.45) is 7.05 Å². The SMILES string of the molecule is Cc1ccccc1OCCOC(=O)c1cnn(C)c1. The third-order valence-electron chi connectivity index (χ3n) is 2.61. The highest BCUT2D eigenvalue weighted by Crippen LogP contribution is 2.15. The summed E-state index contributed by atoms with van der Waals surface area (Å²) in [5, 5.41) is 3.91. The summed E-state index contributed by atoms with van der Waals surface area (Å²) in [6, 6.07) is 7.71. The van der Waals surface area contributed by atoms with E-state index in [1.807, 2.05) is 31.2 Å². The van der Waals surface area contributed by atoms with Gasteiger partial charge < -0.3 is 9.47 Å². The molecule has 0 aliphatic carbocycles. The highest BCUT2D eigenvalue weighted by atomic mass is 16.6. The molecule has 0 saturated carbocycles. The fourth-order valence-corrected chi connectivity index (χ4v) is 1.61. The predicted octanol–water partition coefficient (Wildman–Crippen LogP) is 1.96. The Morgan fingerprint density at radius 3 is 2.79 bits per heavy atom. The van der Waals surface area contributed by atoms with E-state index in [1.165, 1.54) is 6.20 Å². The fourth-order valence-electron chi connectivity index (χ4n) is 1.61. The fraction of sp³-hybridized carbons (Fsp3) is 0.286. The monoisotopic (exact) mass is 260 g/mol. The molecule has 0 fully saturated rings. The minimum atomic E-state index is -0.388. The predicted molar refractivity (Wildman–Crippen MR) is 70.2 cm³/mol. The number of nitrogens with zero attached hydrogens (tertiary/aromatic N) is 2. The van der Waals surface area contributed by atoms with Crippen LogP contribution in [0, 0.1) is 6.92 Å². The Morgan fingerprint density at radius 1 is 1.32 bits per heavy atom. The van der Waals surface area contributed by atoms with Crippen molar-refractivity contribution in [2.75, 3.05) is 13.2 Å². The molecule has 0 N–H and O–H groups in total. The number of aryl methyl sites for hydroxylation is 2. The number of benzene rings is 1. The van der Waals surface area contributed by atoms with E-state index in [9.17, 15) is 4.79 Å². The molecular weight excluding hydrogens is 244 g/mol. The van der Waals surface area contributed by atoms with Crippen molar-refractivity contribution >= 4 is 5.97 Å². The van der Waals surface area contributed by atoms with Crippen LogP contribution in [0.4, 0.5) is 0 Å². The van der Waals surface area contributed by atoms with E-state index in [4.69, 9.17) is 9.47 Å². The van der Waals surface area contributed by atoms with E-state index in [-0.39, 0.29) is 12.6 Å². The van der Waals surface area contributed by atoms with Gasteiger partial charge in [-0.3, -0.25) is 4.68 Å². The molecule has 2 aromatic rings. The molecule has 5 heteroatoms. The maximum Gasteiger partial charge on any atom is 0.341 e. The number of ether oxygens (including phenoxy) is 2. The van der Waals surface area contributed by atoms with Crippen LogP contribution in [0.5, 0.6) is 5.75 Å². The third-order valence-corrected chi connectivity index (χ3v) is 2.61. The normalized spacial score (nSPS) is 10.2. The van der Waals surface area contributed by atoms with Crippen molar-refractivity contribution in [3.63, 3.8) is 0 Å². The van der Waals surface area contributed by atoms with Gasteiger partial charge >= 0.3 is 5.97 Å². The van der Waals surface area contributed by atoms with Gasteiger partial charge in [0.15, 0.2) is 0 Å². The molecule has 0 spiro atoms. The summed E-state index contributed by atoms with van der Waals surface area (Å²) >= 11 is 0. The molecule has 0 aliphatic rings. The van der Waals surface area contributed by atoms with Crippen LogP contribution in [0.1, 0.15) is 15.9 Å². The second kappa shape index (κ2) is 6.04. The van der Waals surface area contributed by atoms with Crippen LogP contribution in [0.15, 0.2) is 36.7 Å². The minimum Gasteiger partial charge on any atom is -0.490 e. The van der Waals surface area contributed by atoms with Crippen molar-refractivity contribution in [3.8, 4) is 5.75 Å². The highest BCUT2D eigenvalue weighted by Gasteiger charge is 2.08. The number of carbonyl (C=O) groups excluding carboxylic acids is 1. The largest absolute Gasteiger partial charge is 0.490 e. The Labute approximate surface area is 111 Å². The molecule has 1 aromatic heterocycles. The number of carbonyl (C=O) groups is 1. The zero-order chi connectivity index (χ0) is 13.7. The van der Waals surface area contributed by atoms with Crippen molar-refractivity contribution in [1.29, 1.82) is 0 Å². The standard InChI is InChI=1S/C14H16N2O3/c1-11-5-3-4-6-13(11)18-7-8-19-14(17)12-9-15-16(2)10-12/h3-6,9-10H,7-8H2,1-2H3. The molecule has 1 aromatic carbocycles. The summed E-state index contributed by atoms with van der Waals surface area (Å²) in [7, 11) is 1.75. The van der Waals surface area contributed by atoms with Crippen LogP contribution < -0.4 is 4.74 Å². The molecule has 100 valence electrons. The number of hydrogen-bond acceptors (Lipinski definition) is 4. The third kappa shape index (κ3) is 3.58. The molecule has 0 saturated heterocycles. The van der Waals surface area contributed by atoms with Gasteiger partial charge in [-0.2, -0.15) is 5.10 Å². The van der Waals surface area contributed by atoms with Crippen LogP contribution in [0.2, 0.25) is 0 Å². The Hall–Kier alpha value is -2.30. The number of esters is 1. The molecule has 0 bridgehead atoms. The maximum absolute atomic E-state index is 11.6. The van der Waals surface area contributed by atoms with Gasteiger partial charge in [0.2, 0.25) is 0 Å². The zero-order valence-corrected chi connectivity index (χ0v) is 11.0. The van der Waals surface area contributed by atoms with Gasteiger partial charge in [0.1, 0.15) is 19.0 Å².